The van der Waals surface area contributed by atoms with E-state index in [9.17, 15) is 0 Å². The molecule has 2 heteroatoms. The fourth-order valence-corrected chi connectivity index (χ4v) is 4.53. The van der Waals surface area contributed by atoms with Crippen molar-refractivity contribution >= 4 is 10.8 Å². The molecule has 1 aromatic heterocycles. The summed E-state index contributed by atoms with van der Waals surface area (Å²) >= 11 is 0. The van der Waals surface area contributed by atoms with E-state index in [-0.39, 0.29) is 0 Å². The Balaban J connectivity index is 1.47. The second-order valence-electron chi connectivity index (χ2n) is 8.78. The molecule has 0 radical (unpaired) electrons. The highest BCUT2D eigenvalue weighted by molar-refractivity contribution is 5.87. The van der Waals surface area contributed by atoms with E-state index >= 15 is 0 Å². The van der Waals surface area contributed by atoms with Gasteiger partial charge in [-0.2, -0.15) is 0 Å². The molecule has 0 aliphatic carbocycles. The van der Waals surface area contributed by atoms with Gasteiger partial charge in [-0.05, 0) is 46.5 Å². The van der Waals surface area contributed by atoms with E-state index in [0.717, 1.165) is 33.9 Å². The Morgan fingerprint density at radius 2 is 1.00 bits per heavy atom. The highest BCUT2D eigenvalue weighted by Gasteiger charge is 2.11. The molecule has 0 amide bonds. The average Bonchev–Trinajstić information content (AvgIpc) is 2.93. The first-order chi connectivity index (χ1) is 17.2. The number of nitrogens with zero attached hydrogens (tertiary/aromatic N) is 2. The van der Waals surface area contributed by atoms with Crippen molar-refractivity contribution < 1.29 is 0 Å². The molecule has 0 fully saturated rings. The van der Waals surface area contributed by atoms with Gasteiger partial charge >= 0.3 is 0 Å². The maximum Gasteiger partial charge on any atom is 0.160 e. The SMILES string of the molecule is Cc1ccccc1-c1ccc(-c2cc(-c3ccccc3)nc(-c3ccc4ccccc4c3)n2)cc1. The minimum atomic E-state index is 0.732. The molecule has 6 aromatic rings. The van der Waals surface area contributed by atoms with Crippen LogP contribution in [0.4, 0.5) is 0 Å². The van der Waals surface area contributed by atoms with E-state index in [0.29, 0.717) is 0 Å². The Morgan fingerprint density at radius 1 is 0.429 bits per heavy atom. The van der Waals surface area contributed by atoms with E-state index in [2.05, 4.69) is 116 Å². The first-order valence-corrected chi connectivity index (χ1v) is 11.8. The Labute approximate surface area is 205 Å². The lowest BCUT2D eigenvalue weighted by atomic mass is 9.98. The van der Waals surface area contributed by atoms with E-state index in [1.165, 1.54) is 27.5 Å². The zero-order chi connectivity index (χ0) is 23.6. The predicted molar refractivity (Wildman–Crippen MR) is 146 cm³/mol. The topological polar surface area (TPSA) is 25.8 Å². The van der Waals surface area contributed by atoms with E-state index in [1.54, 1.807) is 0 Å². The van der Waals surface area contributed by atoms with Crippen LogP contribution in [-0.4, -0.2) is 9.97 Å². The summed E-state index contributed by atoms with van der Waals surface area (Å²) in [6.07, 6.45) is 0. The smallest absolute Gasteiger partial charge is 0.160 e. The number of hydrogen-bond donors (Lipinski definition) is 0. The molecule has 6 rings (SSSR count). The molecule has 0 aliphatic heterocycles. The lowest BCUT2D eigenvalue weighted by Crippen LogP contribution is -1.96. The van der Waals surface area contributed by atoms with Crippen LogP contribution in [0.3, 0.4) is 0 Å². The standard InChI is InChI=1S/C33H24N2/c1-23-9-5-8-14-30(23)25-16-18-27(19-17-25)32-22-31(26-11-3-2-4-12-26)34-33(35-32)29-20-15-24-10-6-7-13-28(24)21-29/h2-22H,1H3. The molecular formula is C33H24N2. The van der Waals surface area contributed by atoms with Gasteiger partial charge in [-0.1, -0.05) is 115 Å². The summed E-state index contributed by atoms with van der Waals surface area (Å²) in [7, 11) is 0. The lowest BCUT2D eigenvalue weighted by Gasteiger charge is -2.11. The van der Waals surface area contributed by atoms with Gasteiger partial charge in [0.25, 0.3) is 0 Å². The van der Waals surface area contributed by atoms with Crippen LogP contribution in [0.1, 0.15) is 5.56 Å². The summed E-state index contributed by atoms with van der Waals surface area (Å²) in [4.78, 5) is 9.99. The summed E-state index contributed by atoms with van der Waals surface area (Å²) in [6, 6.07) is 44.3. The summed E-state index contributed by atoms with van der Waals surface area (Å²) in [5.74, 6) is 0.732. The maximum absolute atomic E-state index is 5.02. The highest BCUT2D eigenvalue weighted by atomic mass is 14.9. The van der Waals surface area contributed by atoms with Gasteiger partial charge in [0.15, 0.2) is 5.82 Å². The van der Waals surface area contributed by atoms with Crippen molar-refractivity contribution in [2.45, 2.75) is 6.92 Å². The normalized spacial score (nSPS) is 11.0. The fourth-order valence-electron chi connectivity index (χ4n) is 4.53. The van der Waals surface area contributed by atoms with Crippen molar-refractivity contribution in [3.05, 3.63) is 133 Å². The van der Waals surface area contributed by atoms with Crippen molar-refractivity contribution in [1.29, 1.82) is 0 Å². The third kappa shape index (κ3) is 4.22. The number of fused-ring (bicyclic) bond motifs is 1. The molecule has 0 atom stereocenters. The second-order valence-corrected chi connectivity index (χ2v) is 8.78. The van der Waals surface area contributed by atoms with Crippen molar-refractivity contribution in [1.82, 2.24) is 9.97 Å². The number of benzene rings is 5. The highest BCUT2D eigenvalue weighted by Crippen LogP contribution is 2.31. The summed E-state index contributed by atoms with van der Waals surface area (Å²) in [6.45, 7) is 2.15. The summed E-state index contributed by atoms with van der Waals surface area (Å²) < 4.78 is 0. The zero-order valence-electron chi connectivity index (χ0n) is 19.5. The molecule has 2 nitrogen and oxygen atoms in total. The molecule has 5 aromatic carbocycles. The lowest BCUT2D eigenvalue weighted by molar-refractivity contribution is 1.18. The molecule has 0 aliphatic rings. The number of aryl methyl sites for hydroxylation is 1. The van der Waals surface area contributed by atoms with Crippen LogP contribution in [0.5, 0.6) is 0 Å². The number of rotatable bonds is 4. The Morgan fingerprint density at radius 3 is 1.74 bits per heavy atom. The van der Waals surface area contributed by atoms with E-state index in [1.807, 2.05) is 18.2 Å². The fraction of sp³-hybridized carbons (Fsp3) is 0.0303. The molecule has 0 N–H and O–H groups in total. The first kappa shape index (κ1) is 21.0. The Hall–Kier alpha value is -4.56. The van der Waals surface area contributed by atoms with Crippen molar-refractivity contribution in [3.63, 3.8) is 0 Å². The van der Waals surface area contributed by atoms with E-state index < -0.39 is 0 Å². The van der Waals surface area contributed by atoms with Gasteiger partial charge in [-0.15, -0.1) is 0 Å². The van der Waals surface area contributed by atoms with Crippen LogP contribution in [0.2, 0.25) is 0 Å². The molecule has 35 heavy (non-hydrogen) atoms. The van der Waals surface area contributed by atoms with Gasteiger partial charge in [-0.3, -0.25) is 0 Å². The number of hydrogen-bond acceptors (Lipinski definition) is 2. The van der Waals surface area contributed by atoms with Gasteiger partial charge in [0.2, 0.25) is 0 Å². The van der Waals surface area contributed by atoms with Crippen LogP contribution in [0.15, 0.2) is 127 Å². The molecular weight excluding hydrogens is 424 g/mol. The van der Waals surface area contributed by atoms with Crippen molar-refractivity contribution in [2.24, 2.45) is 0 Å². The van der Waals surface area contributed by atoms with Crippen molar-refractivity contribution in [3.8, 4) is 45.0 Å². The van der Waals surface area contributed by atoms with Crippen LogP contribution in [0.25, 0.3) is 55.8 Å². The van der Waals surface area contributed by atoms with Crippen LogP contribution in [0, 0.1) is 6.92 Å². The molecule has 166 valence electrons. The van der Waals surface area contributed by atoms with Gasteiger partial charge in [0.05, 0.1) is 11.4 Å². The molecule has 0 bridgehead atoms. The summed E-state index contributed by atoms with van der Waals surface area (Å²) in [5, 5.41) is 2.39. The quantitative estimate of drug-likeness (QED) is 0.270. The molecule has 0 saturated carbocycles. The van der Waals surface area contributed by atoms with Gasteiger partial charge in [0, 0.05) is 16.7 Å². The Kier molecular flexibility index (Phi) is 5.40. The maximum atomic E-state index is 5.02. The van der Waals surface area contributed by atoms with Gasteiger partial charge < -0.3 is 0 Å². The monoisotopic (exact) mass is 448 g/mol. The predicted octanol–water partition coefficient (Wildman–Crippen LogP) is 8.61. The molecule has 0 unspecified atom stereocenters. The minimum Gasteiger partial charge on any atom is -0.228 e. The van der Waals surface area contributed by atoms with Crippen molar-refractivity contribution in [2.75, 3.05) is 0 Å². The van der Waals surface area contributed by atoms with Crippen LogP contribution in [-0.2, 0) is 0 Å². The second kappa shape index (κ2) is 9.00. The average molecular weight is 449 g/mol. The molecule has 1 heterocycles. The molecule has 0 saturated heterocycles. The van der Waals surface area contributed by atoms with Crippen LogP contribution < -0.4 is 0 Å². The van der Waals surface area contributed by atoms with Gasteiger partial charge in [0.1, 0.15) is 0 Å². The minimum absolute atomic E-state index is 0.732. The first-order valence-electron chi connectivity index (χ1n) is 11.8. The third-order valence-corrected chi connectivity index (χ3v) is 6.44. The number of aromatic nitrogens is 2. The zero-order valence-corrected chi connectivity index (χ0v) is 19.5. The third-order valence-electron chi connectivity index (χ3n) is 6.44. The Bertz CT molecular complexity index is 1630. The van der Waals surface area contributed by atoms with E-state index in [4.69, 9.17) is 9.97 Å². The van der Waals surface area contributed by atoms with Crippen LogP contribution >= 0.6 is 0 Å². The summed E-state index contributed by atoms with van der Waals surface area (Å²) in [5.41, 5.74) is 8.73. The van der Waals surface area contributed by atoms with Gasteiger partial charge in [-0.25, -0.2) is 9.97 Å². The largest absolute Gasteiger partial charge is 0.228 e. The molecule has 0 spiro atoms.